The zero-order valence-corrected chi connectivity index (χ0v) is 15.3. The van der Waals surface area contributed by atoms with Crippen molar-refractivity contribution in [2.45, 2.75) is 38.6 Å². The first-order valence-corrected chi connectivity index (χ1v) is 9.46. The van der Waals surface area contributed by atoms with Gasteiger partial charge in [-0.05, 0) is 62.3 Å². The Hall–Kier alpha value is -2.13. The predicted molar refractivity (Wildman–Crippen MR) is 104 cm³/mol. The average molecular weight is 333 g/mol. The molecule has 0 spiro atoms. The van der Waals surface area contributed by atoms with Crippen molar-refractivity contribution in [3.63, 3.8) is 0 Å². The van der Waals surface area contributed by atoms with Gasteiger partial charge in [-0.25, -0.2) is 0 Å². The Labute approximate surface area is 150 Å². The predicted octanol–water partition coefficient (Wildman–Crippen LogP) is 4.46. The Balaban J connectivity index is 1.63. The van der Waals surface area contributed by atoms with E-state index in [0.29, 0.717) is 5.92 Å². The number of aromatic nitrogens is 2. The van der Waals surface area contributed by atoms with E-state index in [4.69, 9.17) is 5.10 Å². The van der Waals surface area contributed by atoms with Crippen molar-refractivity contribution in [3.8, 4) is 0 Å². The molecule has 2 aromatic carbocycles. The molecular formula is C22H27N3. The van der Waals surface area contributed by atoms with E-state index in [0.717, 1.165) is 13.0 Å². The van der Waals surface area contributed by atoms with E-state index in [1.807, 2.05) is 0 Å². The molecule has 0 aliphatic carbocycles. The Morgan fingerprint density at radius 3 is 2.60 bits per heavy atom. The highest BCUT2D eigenvalue weighted by Crippen LogP contribution is 2.29. The fourth-order valence-electron chi connectivity index (χ4n) is 4.10. The summed E-state index contributed by atoms with van der Waals surface area (Å²) in [4.78, 5) is 2.43. The summed E-state index contributed by atoms with van der Waals surface area (Å²) in [5.74, 6) is 0.657. The van der Waals surface area contributed by atoms with Crippen molar-refractivity contribution in [1.82, 2.24) is 14.7 Å². The summed E-state index contributed by atoms with van der Waals surface area (Å²) in [6.45, 7) is 5.54. The van der Waals surface area contributed by atoms with Crippen LogP contribution in [0.15, 0.2) is 48.5 Å². The first-order valence-electron chi connectivity index (χ1n) is 9.46. The molecule has 1 aliphatic heterocycles. The number of hydrogen-bond acceptors (Lipinski definition) is 2. The summed E-state index contributed by atoms with van der Waals surface area (Å²) >= 11 is 0. The van der Waals surface area contributed by atoms with Crippen molar-refractivity contribution in [2.24, 2.45) is 0 Å². The maximum atomic E-state index is 4.93. The largest absolute Gasteiger partial charge is 0.306 e. The highest BCUT2D eigenvalue weighted by Gasteiger charge is 2.22. The van der Waals surface area contributed by atoms with Gasteiger partial charge in [0.15, 0.2) is 0 Å². The van der Waals surface area contributed by atoms with Gasteiger partial charge in [-0.15, -0.1) is 0 Å². The maximum absolute atomic E-state index is 4.93. The van der Waals surface area contributed by atoms with E-state index in [1.54, 1.807) is 0 Å². The smallest absolute Gasteiger partial charge is 0.0671 e. The number of aryl methyl sites for hydroxylation is 1. The van der Waals surface area contributed by atoms with Gasteiger partial charge in [0, 0.05) is 24.6 Å². The minimum absolute atomic E-state index is 0.657. The molecule has 0 atom stereocenters. The minimum Gasteiger partial charge on any atom is -0.306 e. The molecular weight excluding hydrogens is 306 g/mol. The fraction of sp³-hybridized carbons (Fsp3) is 0.409. The SMILES string of the molecule is CCn1nc(Cc2cccc3ccccc23)cc1C1CCN(C)CC1. The second-order valence-electron chi connectivity index (χ2n) is 7.27. The van der Waals surface area contributed by atoms with Gasteiger partial charge in [0.25, 0.3) is 0 Å². The number of benzene rings is 2. The molecule has 3 aromatic rings. The third kappa shape index (κ3) is 3.34. The van der Waals surface area contributed by atoms with Crippen LogP contribution in [-0.2, 0) is 13.0 Å². The molecule has 0 N–H and O–H groups in total. The zero-order valence-electron chi connectivity index (χ0n) is 15.3. The molecule has 1 fully saturated rings. The van der Waals surface area contributed by atoms with Crippen LogP contribution in [0.5, 0.6) is 0 Å². The Morgan fingerprint density at radius 1 is 1.04 bits per heavy atom. The standard InChI is InChI=1S/C22H27N3/c1-3-25-22(18-11-13-24(2)14-12-18)16-20(23-25)15-19-9-6-8-17-7-4-5-10-21(17)19/h4-10,16,18H,3,11-15H2,1-2H3. The topological polar surface area (TPSA) is 21.1 Å². The monoisotopic (exact) mass is 333 g/mol. The van der Waals surface area contributed by atoms with Gasteiger partial charge in [0.05, 0.1) is 5.69 Å². The minimum atomic E-state index is 0.657. The van der Waals surface area contributed by atoms with Crippen LogP contribution in [0, 0.1) is 0 Å². The second kappa shape index (κ2) is 7.01. The van der Waals surface area contributed by atoms with Crippen molar-refractivity contribution >= 4 is 10.8 Å². The van der Waals surface area contributed by atoms with Gasteiger partial charge in [-0.1, -0.05) is 42.5 Å². The molecule has 1 aromatic heterocycles. The molecule has 1 aliphatic rings. The molecule has 0 amide bonds. The van der Waals surface area contributed by atoms with Crippen LogP contribution < -0.4 is 0 Å². The molecule has 0 radical (unpaired) electrons. The summed E-state index contributed by atoms with van der Waals surface area (Å²) < 4.78 is 2.23. The lowest BCUT2D eigenvalue weighted by Crippen LogP contribution is -2.30. The van der Waals surface area contributed by atoms with E-state index in [9.17, 15) is 0 Å². The first-order chi connectivity index (χ1) is 12.2. The Morgan fingerprint density at radius 2 is 1.80 bits per heavy atom. The zero-order chi connectivity index (χ0) is 17.2. The summed E-state index contributed by atoms with van der Waals surface area (Å²) in [6, 6.07) is 17.6. The lowest BCUT2D eigenvalue weighted by atomic mass is 9.93. The lowest BCUT2D eigenvalue weighted by Gasteiger charge is -2.29. The molecule has 4 rings (SSSR count). The van der Waals surface area contributed by atoms with Gasteiger partial charge in [0.2, 0.25) is 0 Å². The Bertz CT molecular complexity index is 851. The van der Waals surface area contributed by atoms with Crippen molar-refractivity contribution < 1.29 is 0 Å². The molecule has 3 nitrogen and oxygen atoms in total. The Kier molecular flexibility index (Phi) is 4.58. The van der Waals surface area contributed by atoms with Crippen LogP contribution in [0.2, 0.25) is 0 Å². The normalized spacial score (nSPS) is 16.6. The third-order valence-electron chi connectivity index (χ3n) is 5.55. The number of likely N-dealkylation sites (tertiary alicyclic amines) is 1. The van der Waals surface area contributed by atoms with Gasteiger partial charge in [-0.3, -0.25) is 4.68 Å². The molecule has 1 saturated heterocycles. The maximum Gasteiger partial charge on any atom is 0.0671 e. The highest BCUT2D eigenvalue weighted by molar-refractivity contribution is 5.85. The average Bonchev–Trinajstić information content (AvgIpc) is 3.05. The van der Waals surface area contributed by atoms with E-state index in [-0.39, 0.29) is 0 Å². The molecule has 130 valence electrons. The molecule has 0 unspecified atom stereocenters. The van der Waals surface area contributed by atoms with Crippen LogP contribution in [0.1, 0.15) is 42.6 Å². The second-order valence-corrected chi connectivity index (χ2v) is 7.27. The summed E-state index contributed by atoms with van der Waals surface area (Å²) in [5, 5.41) is 7.58. The quantitative estimate of drug-likeness (QED) is 0.703. The van der Waals surface area contributed by atoms with Crippen molar-refractivity contribution in [2.75, 3.05) is 20.1 Å². The molecule has 0 bridgehead atoms. The van der Waals surface area contributed by atoms with Gasteiger partial charge in [-0.2, -0.15) is 5.10 Å². The van der Waals surface area contributed by atoms with E-state index < -0.39 is 0 Å². The van der Waals surface area contributed by atoms with E-state index in [2.05, 4.69) is 72.1 Å². The van der Waals surface area contributed by atoms with Crippen LogP contribution >= 0.6 is 0 Å². The molecule has 2 heterocycles. The molecule has 3 heteroatoms. The highest BCUT2D eigenvalue weighted by atomic mass is 15.3. The number of nitrogens with zero attached hydrogens (tertiary/aromatic N) is 3. The summed E-state index contributed by atoms with van der Waals surface area (Å²) in [5.41, 5.74) is 4.01. The summed E-state index contributed by atoms with van der Waals surface area (Å²) in [6.07, 6.45) is 3.40. The van der Waals surface area contributed by atoms with Crippen molar-refractivity contribution in [1.29, 1.82) is 0 Å². The van der Waals surface area contributed by atoms with E-state index >= 15 is 0 Å². The number of fused-ring (bicyclic) bond motifs is 1. The van der Waals surface area contributed by atoms with Crippen LogP contribution in [0.3, 0.4) is 0 Å². The van der Waals surface area contributed by atoms with Crippen molar-refractivity contribution in [3.05, 3.63) is 65.5 Å². The first kappa shape index (κ1) is 16.3. The molecule has 25 heavy (non-hydrogen) atoms. The number of rotatable bonds is 4. The lowest BCUT2D eigenvalue weighted by molar-refractivity contribution is 0.250. The van der Waals surface area contributed by atoms with Gasteiger partial charge in [0.1, 0.15) is 0 Å². The van der Waals surface area contributed by atoms with Gasteiger partial charge < -0.3 is 4.90 Å². The summed E-state index contributed by atoms with van der Waals surface area (Å²) in [7, 11) is 2.22. The van der Waals surface area contributed by atoms with Crippen LogP contribution in [0.25, 0.3) is 10.8 Å². The van der Waals surface area contributed by atoms with Crippen LogP contribution in [-0.4, -0.2) is 34.8 Å². The van der Waals surface area contributed by atoms with Gasteiger partial charge >= 0.3 is 0 Å². The molecule has 0 saturated carbocycles. The number of piperidine rings is 1. The number of hydrogen-bond donors (Lipinski definition) is 0. The van der Waals surface area contributed by atoms with E-state index in [1.165, 1.54) is 53.7 Å². The van der Waals surface area contributed by atoms with Crippen LogP contribution in [0.4, 0.5) is 0 Å². The fourth-order valence-corrected chi connectivity index (χ4v) is 4.10. The third-order valence-corrected chi connectivity index (χ3v) is 5.55.